The third-order valence-corrected chi connectivity index (χ3v) is 3.49. The van der Waals surface area contributed by atoms with E-state index in [0.29, 0.717) is 13.0 Å². The van der Waals surface area contributed by atoms with Crippen molar-refractivity contribution in [3.63, 3.8) is 0 Å². The van der Waals surface area contributed by atoms with Crippen LogP contribution in [0.15, 0.2) is 24.3 Å². The van der Waals surface area contributed by atoms with Crippen molar-refractivity contribution in [1.82, 2.24) is 5.32 Å². The van der Waals surface area contributed by atoms with E-state index in [9.17, 15) is 9.90 Å². The normalized spacial score (nSPS) is 14.2. The van der Waals surface area contributed by atoms with Gasteiger partial charge in [-0.05, 0) is 29.9 Å². The molecule has 0 fully saturated rings. The van der Waals surface area contributed by atoms with Crippen LogP contribution in [0, 0.1) is 12.8 Å². The van der Waals surface area contributed by atoms with Gasteiger partial charge < -0.3 is 10.4 Å². The molecule has 0 bridgehead atoms. The molecule has 106 valence electrons. The second-order valence-electron chi connectivity index (χ2n) is 5.58. The number of nitrogens with one attached hydrogen (secondary N) is 1. The van der Waals surface area contributed by atoms with E-state index in [1.165, 1.54) is 11.1 Å². The minimum atomic E-state index is -0.474. The molecule has 0 aromatic heterocycles. The Labute approximate surface area is 116 Å². The van der Waals surface area contributed by atoms with Crippen LogP contribution in [-0.2, 0) is 4.79 Å². The van der Waals surface area contributed by atoms with Crippen LogP contribution in [-0.4, -0.2) is 23.7 Å². The molecule has 0 saturated heterocycles. The van der Waals surface area contributed by atoms with E-state index in [-0.39, 0.29) is 17.7 Å². The fourth-order valence-electron chi connectivity index (χ4n) is 2.05. The van der Waals surface area contributed by atoms with Gasteiger partial charge >= 0.3 is 0 Å². The van der Waals surface area contributed by atoms with Crippen molar-refractivity contribution < 1.29 is 9.90 Å². The first-order valence-corrected chi connectivity index (χ1v) is 6.92. The van der Waals surface area contributed by atoms with Gasteiger partial charge in [0.15, 0.2) is 0 Å². The number of aliphatic hydroxyl groups excluding tert-OH is 1. The minimum Gasteiger partial charge on any atom is -0.391 e. The van der Waals surface area contributed by atoms with E-state index in [4.69, 9.17) is 0 Å². The van der Waals surface area contributed by atoms with Gasteiger partial charge in [0.2, 0.25) is 5.91 Å². The van der Waals surface area contributed by atoms with Crippen molar-refractivity contribution in [1.29, 1.82) is 0 Å². The molecule has 3 nitrogen and oxygen atoms in total. The van der Waals surface area contributed by atoms with E-state index >= 15 is 0 Å². The van der Waals surface area contributed by atoms with E-state index in [2.05, 4.69) is 31.3 Å². The van der Waals surface area contributed by atoms with E-state index in [1.807, 2.05) is 26.0 Å². The van der Waals surface area contributed by atoms with Crippen LogP contribution in [0.2, 0.25) is 0 Å². The number of rotatable bonds is 6. The molecule has 0 aliphatic rings. The summed E-state index contributed by atoms with van der Waals surface area (Å²) in [6.07, 6.45) is -0.0203. The lowest BCUT2D eigenvalue weighted by Gasteiger charge is -2.17. The Kier molecular flexibility index (Phi) is 6.03. The standard InChI is InChI=1S/C16H25NO2/c1-11(2)15(18)10-17-16(19)9-13(4)14-8-6-5-7-12(14)3/h5-8,11,13,15,18H,9-10H2,1-4H3,(H,17,19). The van der Waals surface area contributed by atoms with Crippen LogP contribution in [0.25, 0.3) is 0 Å². The molecule has 2 unspecified atom stereocenters. The zero-order valence-electron chi connectivity index (χ0n) is 12.3. The highest BCUT2D eigenvalue weighted by atomic mass is 16.3. The summed E-state index contributed by atoms with van der Waals surface area (Å²) in [5.41, 5.74) is 2.42. The lowest BCUT2D eigenvalue weighted by molar-refractivity contribution is -0.122. The molecular weight excluding hydrogens is 238 g/mol. The third kappa shape index (κ3) is 5.03. The van der Waals surface area contributed by atoms with Gasteiger partial charge in [0, 0.05) is 13.0 Å². The largest absolute Gasteiger partial charge is 0.391 e. The number of benzene rings is 1. The van der Waals surface area contributed by atoms with E-state index in [1.54, 1.807) is 0 Å². The highest BCUT2D eigenvalue weighted by molar-refractivity contribution is 5.76. The lowest BCUT2D eigenvalue weighted by atomic mass is 9.93. The third-order valence-electron chi connectivity index (χ3n) is 3.49. The highest BCUT2D eigenvalue weighted by Gasteiger charge is 2.15. The fourth-order valence-corrected chi connectivity index (χ4v) is 2.05. The van der Waals surface area contributed by atoms with Gasteiger partial charge in [-0.2, -0.15) is 0 Å². The minimum absolute atomic E-state index is 0.00421. The number of aliphatic hydroxyl groups is 1. The van der Waals surface area contributed by atoms with Crippen molar-refractivity contribution in [2.75, 3.05) is 6.54 Å². The van der Waals surface area contributed by atoms with Crippen LogP contribution >= 0.6 is 0 Å². The van der Waals surface area contributed by atoms with Gasteiger partial charge in [0.05, 0.1) is 6.10 Å². The summed E-state index contributed by atoms with van der Waals surface area (Å²) in [5, 5.41) is 12.5. The number of carbonyl (C=O) groups excluding carboxylic acids is 1. The molecule has 0 saturated carbocycles. The van der Waals surface area contributed by atoms with Gasteiger partial charge in [0.25, 0.3) is 0 Å². The summed E-state index contributed by atoms with van der Waals surface area (Å²) in [5.74, 6) is 0.349. The van der Waals surface area contributed by atoms with Gasteiger partial charge in [-0.15, -0.1) is 0 Å². The second kappa shape index (κ2) is 7.29. The summed E-state index contributed by atoms with van der Waals surface area (Å²) in [6.45, 7) is 8.32. The molecule has 0 spiro atoms. The predicted molar refractivity (Wildman–Crippen MR) is 78.1 cm³/mol. The molecule has 2 N–H and O–H groups in total. The molecule has 0 radical (unpaired) electrons. The Balaban J connectivity index is 2.47. The second-order valence-corrected chi connectivity index (χ2v) is 5.58. The Hall–Kier alpha value is -1.35. The number of carbonyl (C=O) groups is 1. The maximum absolute atomic E-state index is 11.8. The predicted octanol–water partition coefficient (Wildman–Crippen LogP) is 2.62. The fraction of sp³-hybridized carbons (Fsp3) is 0.562. The summed E-state index contributed by atoms with van der Waals surface area (Å²) in [7, 11) is 0. The monoisotopic (exact) mass is 263 g/mol. The first-order valence-electron chi connectivity index (χ1n) is 6.92. The summed E-state index contributed by atoms with van der Waals surface area (Å²) in [6, 6.07) is 8.13. The maximum atomic E-state index is 11.8. The molecular formula is C16H25NO2. The van der Waals surface area contributed by atoms with Gasteiger partial charge in [-0.25, -0.2) is 0 Å². The molecule has 3 heteroatoms. The van der Waals surface area contributed by atoms with E-state index in [0.717, 1.165) is 0 Å². The van der Waals surface area contributed by atoms with Crippen molar-refractivity contribution >= 4 is 5.91 Å². The smallest absolute Gasteiger partial charge is 0.220 e. The SMILES string of the molecule is Cc1ccccc1C(C)CC(=O)NCC(O)C(C)C. The summed E-state index contributed by atoms with van der Waals surface area (Å²) in [4.78, 5) is 11.8. The Morgan fingerprint density at radius 2 is 1.89 bits per heavy atom. The van der Waals surface area contributed by atoms with Gasteiger partial charge in [-0.1, -0.05) is 45.0 Å². The molecule has 1 rings (SSSR count). The molecule has 1 aromatic rings. The van der Waals surface area contributed by atoms with Crippen molar-refractivity contribution in [2.45, 2.75) is 46.1 Å². The van der Waals surface area contributed by atoms with Crippen LogP contribution in [0.5, 0.6) is 0 Å². The molecule has 2 atom stereocenters. The number of hydrogen-bond donors (Lipinski definition) is 2. The first-order chi connectivity index (χ1) is 8.91. The molecule has 1 aromatic carbocycles. The quantitative estimate of drug-likeness (QED) is 0.829. The van der Waals surface area contributed by atoms with Crippen molar-refractivity contribution in [3.8, 4) is 0 Å². The summed E-state index contributed by atoms with van der Waals surface area (Å²) < 4.78 is 0. The maximum Gasteiger partial charge on any atom is 0.220 e. The van der Waals surface area contributed by atoms with Crippen molar-refractivity contribution in [2.24, 2.45) is 5.92 Å². The number of aryl methyl sites for hydroxylation is 1. The molecule has 1 amide bonds. The molecule has 19 heavy (non-hydrogen) atoms. The Morgan fingerprint density at radius 3 is 2.47 bits per heavy atom. The molecule has 0 aliphatic carbocycles. The van der Waals surface area contributed by atoms with Gasteiger partial charge in [-0.3, -0.25) is 4.79 Å². The summed E-state index contributed by atoms with van der Waals surface area (Å²) >= 11 is 0. The first kappa shape index (κ1) is 15.7. The number of hydrogen-bond acceptors (Lipinski definition) is 2. The Morgan fingerprint density at radius 1 is 1.26 bits per heavy atom. The molecule has 0 aliphatic heterocycles. The van der Waals surface area contributed by atoms with Crippen LogP contribution < -0.4 is 5.32 Å². The Bertz CT molecular complexity index is 415. The highest BCUT2D eigenvalue weighted by Crippen LogP contribution is 2.22. The lowest BCUT2D eigenvalue weighted by Crippen LogP contribution is -2.35. The van der Waals surface area contributed by atoms with Crippen LogP contribution in [0.1, 0.15) is 44.2 Å². The van der Waals surface area contributed by atoms with E-state index < -0.39 is 6.10 Å². The molecule has 0 heterocycles. The zero-order chi connectivity index (χ0) is 14.4. The average Bonchev–Trinajstić information content (AvgIpc) is 2.36. The van der Waals surface area contributed by atoms with Crippen LogP contribution in [0.3, 0.4) is 0 Å². The topological polar surface area (TPSA) is 49.3 Å². The van der Waals surface area contributed by atoms with Gasteiger partial charge in [0.1, 0.15) is 0 Å². The average molecular weight is 263 g/mol. The number of amides is 1. The zero-order valence-corrected chi connectivity index (χ0v) is 12.3. The van der Waals surface area contributed by atoms with Crippen molar-refractivity contribution in [3.05, 3.63) is 35.4 Å². The van der Waals surface area contributed by atoms with Crippen LogP contribution in [0.4, 0.5) is 0 Å².